The van der Waals surface area contributed by atoms with Gasteiger partial charge in [0.05, 0.1) is 19.6 Å². The summed E-state index contributed by atoms with van der Waals surface area (Å²) in [7, 11) is 1.45. The number of nitrogens with zero attached hydrogens (tertiary/aromatic N) is 1. The van der Waals surface area contributed by atoms with Crippen LogP contribution in [0.25, 0.3) is 0 Å². The van der Waals surface area contributed by atoms with Crippen LogP contribution in [0.2, 0.25) is 0 Å². The SMILES string of the molecule is CC[C@H](C)c1ccc(OCC(=O)N/N=C\c2ccc(OC(=O)c3ccco3)c(OC)c2)cc1. The smallest absolute Gasteiger partial charge is 0.379 e. The molecule has 0 unspecified atom stereocenters. The number of carbonyl (C=O) groups is 2. The molecule has 1 atom stereocenters. The highest BCUT2D eigenvalue weighted by Crippen LogP contribution is 2.28. The number of nitrogens with one attached hydrogen (secondary N) is 1. The van der Waals surface area contributed by atoms with Crippen LogP contribution in [0.3, 0.4) is 0 Å². The van der Waals surface area contributed by atoms with E-state index < -0.39 is 11.9 Å². The largest absolute Gasteiger partial charge is 0.493 e. The lowest BCUT2D eigenvalue weighted by atomic mass is 9.99. The Morgan fingerprint density at radius 3 is 2.58 bits per heavy atom. The average Bonchev–Trinajstić information content (AvgIpc) is 3.38. The molecule has 0 radical (unpaired) electrons. The molecule has 0 bridgehead atoms. The number of hydrogen-bond donors (Lipinski definition) is 1. The van der Waals surface area contributed by atoms with E-state index in [0.29, 0.717) is 23.0 Å². The summed E-state index contributed by atoms with van der Waals surface area (Å²) in [5, 5.41) is 3.93. The van der Waals surface area contributed by atoms with E-state index in [-0.39, 0.29) is 18.1 Å². The third kappa shape index (κ3) is 6.70. The summed E-state index contributed by atoms with van der Waals surface area (Å²) in [6.45, 7) is 4.14. The maximum absolute atomic E-state index is 12.0. The van der Waals surface area contributed by atoms with Crippen molar-refractivity contribution in [3.05, 3.63) is 77.7 Å². The zero-order chi connectivity index (χ0) is 23.6. The lowest BCUT2D eigenvalue weighted by molar-refractivity contribution is -0.123. The highest BCUT2D eigenvalue weighted by Gasteiger charge is 2.15. The molecular formula is C25H26N2O6. The van der Waals surface area contributed by atoms with E-state index >= 15 is 0 Å². The lowest BCUT2D eigenvalue weighted by Gasteiger charge is -2.10. The summed E-state index contributed by atoms with van der Waals surface area (Å²) in [5.74, 6) is 0.703. The van der Waals surface area contributed by atoms with Crippen LogP contribution in [-0.4, -0.2) is 31.8 Å². The molecule has 2 aromatic carbocycles. The standard InChI is InChI=1S/C25H26N2O6/c1-4-17(2)19-8-10-20(11-9-19)32-16-24(28)27-26-15-18-7-12-21(23(14-18)30-3)33-25(29)22-6-5-13-31-22/h5-15,17H,4,16H2,1-3H3,(H,27,28)/b26-15-/t17-/m0/s1. The van der Waals surface area contributed by atoms with E-state index in [1.807, 2.05) is 24.3 Å². The van der Waals surface area contributed by atoms with Gasteiger partial charge in [-0.15, -0.1) is 0 Å². The van der Waals surface area contributed by atoms with Gasteiger partial charge in [0.15, 0.2) is 18.1 Å². The maximum Gasteiger partial charge on any atom is 0.379 e. The Morgan fingerprint density at radius 2 is 1.91 bits per heavy atom. The molecule has 0 aliphatic rings. The van der Waals surface area contributed by atoms with Crippen LogP contribution < -0.4 is 19.6 Å². The van der Waals surface area contributed by atoms with Crippen LogP contribution in [0.15, 0.2) is 70.4 Å². The van der Waals surface area contributed by atoms with Gasteiger partial charge >= 0.3 is 5.97 Å². The summed E-state index contributed by atoms with van der Waals surface area (Å²) in [6, 6.07) is 15.7. The number of methoxy groups -OCH3 is 1. The molecule has 0 saturated carbocycles. The Labute approximate surface area is 192 Å². The minimum Gasteiger partial charge on any atom is -0.493 e. The molecule has 1 aromatic heterocycles. The van der Waals surface area contributed by atoms with Crippen LogP contribution in [0.1, 0.15) is 47.9 Å². The summed E-state index contributed by atoms with van der Waals surface area (Å²) in [6.07, 6.45) is 3.89. The number of hydrazone groups is 1. The molecule has 0 saturated heterocycles. The van der Waals surface area contributed by atoms with Crippen LogP contribution in [0.4, 0.5) is 0 Å². The molecule has 0 aliphatic carbocycles. The van der Waals surface area contributed by atoms with Crippen LogP contribution >= 0.6 is 0 Å². The van der Waals surface area contributed by atoms with Crippen molar-refractivity contribution >= 4 is 18.1 Å². The van der Waals surface area contributed by atoms with Crippen LogP contribution in [0.5, 0.6) is 17.2 Å². The van der Waals surface area contributed by atoms with Crippen molar-refractivity contribution in [1.29, 1.82) is 0 Å². The van der Waals surface area contributed by atoms with Gasteiger partial charge in [-0.2, -0.15) is 5.10 Å². The zero-order valence-corrected chi connectivity index (χ0v) is 18.7. The number of esters is 1. The Bertz CT molecular complexity index is 1090. The number of carbonyl (C=O) groups excluding carboxylic acids is 2. The predicted octanol–water partition coefficient (Wildman–Crippen LogP) is 4.55. The third-order valence-electron chi connectivity index (χ3n) is 4.95. The maximum atomic E-state index is 12.0. The zero-order valence-electron chi connectivity index (χ0n) is 18.7. The van der Waals surface area contributed by atoms with Gasteiger partial charge in [-0.25, -0.2) is 10.2 Å². The van der Waals surface area contributed by atoms with Crippen molar-refractivity contribution in [3.8, 4) is 17.2 Å². The third-order valence-corrected chi connectivity index (χ3v) is 4.95. The molecular weight excluding hydrogens is 424 g/mol. The summed E-state index contributed by atoms with van der Waals surface area (Å²) in [4.78, 5) is 24.0. The van der Waals surface area contributed by atoms with Gasteiger partial charge in [-0.3, -0.25) is 4.79 Å². The second-order valence-corrected chi connectivity index (χ2v) is 7.24. The molecule has 8 heteroatoms. The summed E-state index contributed by atoms with van der Waals surface area (Å²) < 4.78 is 21.1. The highest BCUT2D eigenvalue weighted by atomic mass is 16.6. The first kappa shape index (κ1) is 23.6. The second-order valence-electron chi connectivity index (χ2n) is 7.24. The number of furan rings is 1. The molecule has 1 amide bonds. The number of amides is 1. The molecule has 0 spiro atoms. The number of rotatable bonds is 10. The first-order valence-corrected chi connectivity index (χ1v) is 10.5. The minimum atomic E-state index is -0.638. The van der Waals surface area contributed by atoms with E-state index in [4.69, 9.17) is 18.6 Å². The summed E-state index contributed by atoms with van der Waals surface area (Å²) in [5.41, 5.74) is 4.27. The van der Waals surface area contributed by atoms with Crippen molar-refractivity contribution in [1.82, 2.24) is 5.43 Å². The number of ether oxygens (including phenoxy) is 3. The Balaban J connectivity index is 1.50. The van der Waals surface area contributed by atoms with E-state index in [1.165, 1.54) is 31.2 Å². The molecule has 0 fully saturated rings. The molecule has 3 rings (SSSR count). The average molecular weight is 450 g/mol. The highest BCUT2D eigenvalue weighted by molar-refractivity contribution is 5.89. The van der Waals surface area contributed by atoms with E-state index in [2.05, 4.69) is 24.4 Å². The van der Waals surface area contributed by atoms with Gasteiger partial charge in [0.25, 0.3) is 5.91 Å². The van der Waals surface area contributed by atoms with E-state index in [9.17, 15) is 9.59 Å². The van der Waals surface area contributed by atoms with Gasteiger partial charge in [0.1, 0.15) is 5.75 Å². The fourth-order valence-corrected chi connectivity index (χ4v) is 2.88. The topological polar surface area (TPSA) is 99.4 Å². The first-order valence-electron chi connectivity index (χ1n) is 10.5. The van der Waals surface area contributed by atoms with Crippen molar-refractivity contribution < 1.29 is 28.2 Å². The molecule has 33 heavy (non-hydrogen) atoms. The molecule has 3 aromatic rings. The van der Waals surface area contributed by atoms with Crippen molar-refractivity contribution in [2.75, 3.05) is 13.7 Å². The summed E-state index contributed by atoms with van der Waals surface area (Å²) >= 11 is 0. The molecule has 1 heterocycles. The van der Waals surface area contributed by atoms with Crippen LogP contribution in [0, 0.1) is 0 Å². The van der Waals surface area contributed by atoms with E-state index in [0.717, 1.165) is 6.42 Å². The van der Waals surface area contributed by atoms with Crippen LogP contribution in [-0.2, 0) is 4.79 Å². The fourth-order valence-electron chi connectivity index (χ4n) is 2.88. The molecule has 1 N–H and O–H groups in total. The number of benzene rings is 2. The Morgan fingerprint density at radius 1 is 1.12 bits per heavy atom. The van der Waals surface area contributed by atoms with Crippen molar-refractivity contribution in [3.63, 3.8) is 0 Å². The van der Waals surface area contributed by atoms with Gasteiger partial charge < -0.3 is 18.6 Å². The molecule has 172 valence electrons. The number of hydrogen-bond acceptors (Lipinski definition) is 7. The van der Waals surface area contributed by atoms with Gasteiger partial charge in [0, 0.05) is 0 Å². The van der Waals surface area contributed by atoms with Crippen molar-refractivity contribution in [2.45, 2.75) is 26.2 Å². The predicted molar refractivity (Wildman–Crippen MR) is 123 cm³/mol. The Hall–Kier alpha value is -4.07. The molecule has 8 nitrogen and oxygen atoms in total. The monoisotopic (exact) mass is 450 g/mol. The Kier molecular flexibility index (Phi) is 8.24. The fraction of sp³-hybridized carbons (Fsp3) is 0.240. The van der Waals surface area contributed by atoms with Crippen molar-refractivity contribution in [2.24, 2.45) is 5.10 Å². The minimum absolute atomic E-state index is 0.0825. The normalized spacial score (nSPS) is 11.7. The first-order chi connectivity index (χ1) is 16.0. The van der Waals surface area contributed by atoms with Gasteiger partial charge in [0.2, 0.25) is 5.76 Å². The van der Waals surface area contributed by atoms with Gasteiger partial charge in [-0.1, -0.05) is 26.0 Å². The lowest BCUT2D eigenvalue weighted by Crippen LogP contribution is -2.24. The van der Waals surface area contributed by atoms with Gasteiger partial charge in [-0.05, 0) is 65.9 Å². The molecule has 0 aliphatic heterocycles. The quantitative estimate of drug-likeness (QED) is 0.211. The second kappa shape index (κ2) is 11.5. The van der Waals surface area contributed by atoms with E-state index in [1.54, 1.807) is 24.3 Å².